The fourth-order valence-corrected chi connectivity index (χ4v) is 2.79. The second-order valence-corrected chi connectivity index (χ2v) is 5.38. The van der Waals surface area contributed by atoms with Gasteiger partial charge in [0.1, 0.15) is 5.72 Å². The molecule has 2 aliphatic heterocycles. The molecule has 5 nitrogen and oxygen atoms in total. The smallest absolute Gasteiger partial charge is 0.413 e. The molecule has 96 valence electrons. The third kappa shape index (κ3) is 1.58. The first-order valence-corrected chi connectivity index (χ1v) is 6.01. The second-order valence-electron chi connectivity index (χ2n) is 5.38. The van der Waals surface area contributed by atoms with Gasteiger partial charge < -0.3 is 9.47 Å². The van der Waals surface area contributed by atoms with Crippen molar-refractivity contribution in [2.45, 2.75) is 37.6 Å². The zero-order valence-corrected chi connectivity index (χ0v) is 10.4. The van der Waals surface area contributed by atoms with Gasteiger partial charge >= 0.3 is 6.09 Å². The number of carbonyl (C=O) groups is 2. The molecule has 1 amide bonds. The van der Waals surface area contributed by atoms with Gasteiger partial charge in [-0.05, 0) is 38.2 Å². The van der Waals surface area contributed by atoms with Gasteiger partial charge in [-0.15, -0.1) is 0 Å². The van der Waals surface area contributed by atoms with Crippen LogP contribution in [0.5, 0.6) is 0 Å². The van der Waals surface area contributed by atoms with Gasteiger partial charge in [0.05, 0.1) is 12.6 Å². The van der Waals surface area contributed by atoms with Crippen molar-refractivity contribution in [2.75, 3.05) is 6.61 Å². The van der Waals surface area contributed by atoms with Crippen molar-refractivity contribution in [2.24, 2.45) is 0 Å². The Balaban J connectivity index is 1.90. The molecule has 2 saturated heterocycles. The molecule has 1 aliphatic carbocycles. The molecule has 1 atom stereocenters. The molecule has 1 spiro atoms. The summed E-state index contributed by atoms with van der Waals surface area (Å²) in [7, 11) is 0. The van der Waals surface area contributed by atoms with Crippen LogP contribution in [-0.2, 0) is 14.3 Å². The molecule has 3 rings (SSSR count). The standard InChI is InChI=1S/C13H15NO4/c1-12(2)14-9(8-17-12)7-13(18-11(14)16)5-3-10(15)4-6-13/h3-6,9H,7-8H2,1-2H3/t9-/m0/s1. The van der Waals surface area contributed by atoms with Crippen molar-refractivity contribution in [3.8, 4) is 0 Å². The van der Waals surface area contributed by atoms with Crippen LogP contribution in [0.3, 0.4) is 0 Å². The van der Waals surface area contributed by atoms with E-state index in [1.165, 1.54) is 12.2 Å². The zero-order valence-electron chi connectivity index (χ0n) is 10.4. The van der Waals surface area contributed by atoms with Gasteiger partial charge in [0.2, 0.25) is 0 Å². The number of fused-ring (bicyclic) bond motifs is 1. The first kappa shape index (κ1) is 11.5. The summed E-state index contributed by atoms with van der Waals surface area (Å²) < 4.78 is 11.1. The van der Waals surface area contributed by atoms with E-state index in [0.717, 1.165) is 0 Å². The van der Waals surface area contributed by atoms with Crippen molar-refractivity contribution < 1.29 is 19.1 Å². The molecule has 0 aromatic carbocycles. The number of hydrogen-bond acceptors (Lipinski definition) is 4. The summed E-state index contributed by atoms with van der Waals surface area (Å²) >= 11 is 0. The van der Waals surface area contributed by atoms with Crippen LogP contribution in [0.4, 0.5) is 4.79 Å². The summed E-state index contributed by atoms with van der Waals surface area (Å²) in [5.41, 5.74) is -1.41. The topological polar surface area (TPSA) is 55.8 Å². The Hall–Kier alpha value is -1.62. The average molecular weight is 249 g/mol. The fourth-order valence-electron chi connectivity index (χ4n) is 2.79. The lowest BCUT2D eigenvalue weighted by atomic mass is 9.88. The molecule has 0 aromatic rings. The van der Waals surface area contributed by atoms with Gasteiger partial charge in [0, 0.05) is 6.42 Å². The highest BCUT2D eigenvalue weighted by molar-refractivity contribution is 6.00. The minimum atomic E-state index is -0.782. The van der Waals surface area contributed by atoms with Gasteiger partial charge in [-0.3, -0.25) is 9.69 Å². The van der Waals surface area contributed by atoms with Crippen LogP contribution in [0.15, 0.2) is 24.3 Å². The van der Waals surface area contributed by atoms with E-state index in [1.54, 1.807) is 17.1 Å². The van der Waals surface area contributed by atoms with E-state index in [-0.39, 0.29) is 11.8 Å². The van der Waals surface area contributed by atoms with E-state index in [9.17, 15) is 9.59 Å². The second kappa shape index (κ2) is 3.45. The normalized spacial score (nSPS) is 31.7. The number of amides is 1. The van der Waals surface area contributed by atoms with Crippen LogP contribution in [0.25, 0.3) is 0 Å². The summed E-state index contributed by atoms with van der Waals surface area (Å²) in [6.45, 7) is 4.20. The van der Waals surface area contributed by atoms with Crippen LogP contribution in [0.2, 0.25) is 0 Å². The number of carbonyl (C=O) groups excluding carboxylic acids is 2. The van der Waals surface area contributed by atoms with Crippen LogP contribution < -0.4 is 0 Å². The Labute approximate surface area is 105 Å². The molecule has 0 unspecified atom stereocenters. The van der Waals surface area contributed by atoms with Crippen LogP contribution in [0.1, 0.15) is 20.3 Å². The predicted molar refractivity (Wildman–Crippen MR) is 62.8 cm³/mol. The zero-order chi connectivity index (χ0) is 13.0. The Kier molecular flexibility index (Phi) is 2.20. The number of hydrogen-bond donors (Lipinski definition) is 0. The molecule has 0 bridgehead atoms. The monoisotopic (exact) mass is 249 g/mol. The number of ether oxygens (including phenoxy) is 2. The van der Waals surface area contributed by atoms with Crippen LogP contribution >= 0.6 is 0 Å². The van der Waals surface area contributed by atoms with E-state index in [1.807, 2.05) is 13.8 Å². The Morgan fingerprint density at radius 1 is 1.28 bits per heavy atom. The van der Waals surface area contributed by atoms with Gasteiger partial charge in [0.25, 0.3) is 0 Å². The van der Waals surface area contributed by atoms with E-state index in [2.05, 4.69) is 0 Å². The third-order valence-corrected chi connectivity index (χ3v) is 3.66. The first-order chi connectivity index (χ1) is 8.42. The van der Waals surface area contributed by atoms with Crippen LogP contribution in [0, 0.1) is 0 Å². The molecule has 0 radical (unpaired) electrons. The Morgan fingerprint density at radius 3 is 2.61 bits per heavy atom. The Bertz CT molecular complexity index is 461. The lowest BCUT2D eigenvalue weighted by Gasteiger charge is -2.43. The quantitative estimate of drug-likeness (QED) is 0.651. The van der Waals surface area contributed by atoms with Gasteiger partial charge in [-0.25, -0.2) is 4.79 Å². The molecule has 2 fully saturated rings. The number of nitrogens with zero attached hydrogens (tertiary/aromatic N) is 1. The van der Waals surface area contributed by atoms with Crippen LogP contribution in [-0.4, -0.2) is 40.8 Å². The lowest BCUT2D eigenvalue weighted by molar-refractivity contribution is -0.111. The number of allylic oxidation sites excluding steroid dienone is 2. The minimum absolute atomic E-state index is 0.0104. The van der Waals surface area contributed by atoms with E-state index in [4.69, 9.17) is 9.47 Å². The van der Waals surface area contributed by atoms with Crippen molar-refractivity contribution >= 4 is 11.9 Å². The highest BCUT2D eigenvalue weighted by Gasteiger charge is 2.53. The predicted octanol–water partition coefficient (Wildman–Crippen LogP) is 1.40. The van der Waals surface area contributed by atoms with Gasteiger partial charge in [0.15, 0.2) is 11.4 Å². The number of rotatable bonds is 0. The molecule has 2 heterocycles. The van der Waals surface area contributed by atoms with E-state index < -0.39 is 17.4 Å². The largest absolute Gasteiger partial charge is 0.434 e. The molecule has 5 heteroatoms. The molecule has 0 aromatic heterocycles. The van der Waals surface area contributed by atoms with Crippen molar-refractivity contribution in [3.63, 3.8) is 0 Å². The first-order valence-electron chi connectivity index (χ1n) is 6.01. The highest BCUT2D eigenvalue weighted by Crippen LogP contribution is 2.40. The van der Waals surface area contributed by atoms with Crippen molar-refractivity contribution in [1.82, 2.24) is 4.90 Å². The maximum Gasteiger partial charge on any atom is 0.413 e. The summed E-state index contributed by atoms with van der Waals surface area (Å²) in [6.07, 6.45) is 6.44. The molecular weight excluding hydrogens is 234 g/mol. The van der Waals surface area contributed by atoms with Crippen molar-refractivity contribution in [3.05, 3.63) is 24.3 Å². The minimum Gasteiger partial charge on any atom is -0.434 e. The third-order valence-electron chi connectivity index (χ3n) is 3.66. The average Bonchev–Trinajstić information content (AvgIpc) is 2.59. The van der Waals surface area contributed by atoms with Crippen molar-refractivity contribution in [1.29, 1.82) is 0 Å². The maximum atomic E-state index is 12.1. The molecular formula is C13H15NO4. The summed E-state index contributed by atoms with van der Waals surface area (Å²) in [4.78, 5) is 24.9. The highest BCUT2D eigenvalue weighted by atomic mass is 16.6. The fraction of sp³-hybridized carbons (Fsp3) is 0.538. The molecule has 18 heavy (non-hydrogen) atoms. The molecule has 0 N–H and O–H groups in total. The number of ketones is 1. The van der Waals surface area contributed by atoms with Gasteiger partial charge in [-0.2, -0.15) is 0 Å². The SMILES string of the molecule is CC1(C)OC[C@@H]2CC3(C=CC(=O)C=C3)OC(=O)N21. The van der Waals surface area contributed by atoms with E-state index >= 15 is 0 Å². The molecule has 0 saturated carbocycles. The summed E-state index contributed by atoms with van der Waals surface area (Å²) in [5.74, 6) is -0.0814. The van der Waals surface area contributed by atoms with Gasteiger partial charge in [-0.1, -0.05) is 0 Å². The summed E-state index contributed by atoms with van der Waals surface area (Å²) in [6, 6.07) is -0.0104. The summed E-state index contributed by atoms with van der Waals surface area (Å²) in [5, 5.41) is 0. The Morgan fingerprint density at radius 2 is 1.94 bits per heavy atom. The van der Waals surface area contributed by atoms with E-state index in [0.29, 0.717) is 13.0 Å². The lowest BCUT2D eigenvalue weighted by Crippen LogP contribution is -2.57. The maximum absolute atomic E-state index is 12.1. The molecule has 3 aliphatic rings.